The van der Waals surface area contributed by atoms with Crippen molar-refractivity contribution < 1.29 is 9.53 Å². The number of esters is 1. The second-order valence-electron chi connectivity index (χ2n) is 5.05. The van der Waals surface area contributed by atoms with Gasteiger partial charge in [-0.15, -0.1) is 35.7 Å². The van der Waals surface area contributed by atoms with E-state index in [1.807, 2.05) is 0 Å². The molecule has 0 radical (unpaired) electrons. The molecule has 0 amide bonds. The Morgan fingerprint density at radius 1 is 1.24 bits per heavy atom. The summed E-state index contributed by atoms with van der Waals surface area (Å²) in [6.07, 6.45) is 0.467. The highest BCUT2D eigenvalue weighted by Gasteiger charge is 2.39. The van der Waals surface area contributed by atoms with Gasteiger partial charge < -0.3 is 4.74 Å². The maximum Gasteiger partial charge on any atom is 0.307 e. The van der Waals surface area contributed by atoms with E-state index in [2.05, 4.69) is 63.4 Å². The minimum Gasteiger partial charge on any atom is -0.449 e. The van der Waals surface area contributed by atoms with Crippen LogP contribution in [0.2, 0.25) is 0 Å². The largest absolute Gasteiger partial charge is 0.449 e. The third kappa shape index (κ3) is 7.16. The maximum atomic E-state index is 12.0. The van der Waals surface area contributed by atoms with Gasteiger partial charge in [-0.25, -0.2) is 0 Å². The molecule has 0 fully saturated rings. The second-order valence-corrected chi connectivity index (χ2v) is 21.7. The molecular weight excluding hydrogens is 345 g/mol. The van der Waals surface area contributed by atoms with Gasteiger partial charge in [-0.3, -0.25) is 4.79 Å². The van der Waals surface area contributed by atoms with Crippen LogP contribution in [0, 0.1) is 5.41 Å². The Morgan fingerprint density at radius 3 is 2.00 bits per heavy atom. The van der Waals surface area contributed by atoms with Crippen LogP contribution in [0.3, 0.4) is 0 Å². The summed E-state index contributed by atoms with van der Waals surface area (Å²) >= 11 is 0. The zero-order chi connectivity index (χ0) is 13.9. The Labute approximate surface area is 118 Å². The Kier molecular flexibility index (Phi) is 9.23. The topological polar surface area (TPSA) is 26.3 Å². The first-order valence-electron chi connectivity index (χ1n) is 5.05. The van der Waals surface area contributed by atoms with Crippen molar-refractivity contribution in [2.24, 2.45) is 5.41 Å². The van der Waals surface area contributed by atoms with Crippen LogP contribution in [-0.4, -0.2) is 11.1 Å². The summed E-state index contributed by atoms with van der Waals surface area (Å²) in [4.78, 5) is 12.0. The van der Waals surface area contributed by atoms with Crippen LogP contribution >= 0.6 is 58.3 Å². The molecule has 0 rings (SSSR count). The third-order valence-electron chi connectivity index (χ3n) is 2.05. The van der Waals surface area contributed by atoms with Gasteiger partial charge in [0, 0.05) is 0 Å². The van der Waals surface area contributed by atoms with Crippen LogP contribution in [-0.2, 0) is 9.53 Å². The van der Waals surface area contributed by atoms with Crippen LogP contribution < -0.4 is 0 Å². The van der Waals surface area contributed by atoms with E-state index in [1.165, 1.54) is 0 Å². The molecule has 7 atom stereocenters. The van der Waals surface area contributed by atoms with Crippen molar-refractivity contribution in [2.45, 2.75) is 39.2 Å². The number of carbonyl (C=O) groups excluding carboxylic acids is 1. The fraction of sp³-hybridized carbons (Fsp3) is 0.875. The molecule has 17 heavy (non-hydrogen) atoms. The van der Waals surface area contributed by atoms with Crippen molar-refractivity contribution in [1.82, 2.24) is 0 Å². The van der Waals surface area contributed by atoms with Crippen molar-refractivity contribution in [2.75, 3.05) is 0 Å². The molecule has 7 unspecified atom stereocenters. The quantitative estimate of drug-likeness (QED) is 0.483. The molecule has 0 aliphatic rings. The Morgan fingerprint density at radius 2 is 1.71 bits per heavy atom. The number of carbonyl (C=O) groups is 1. The summed E-state index contributed by atoms with van der Waals surface area (Å²) in [5, 5.41) is -0.340. The lowest BCUT2D eigenvalue weighted by molar-refractivity contribution is -0.148. The molecule has 0 bridgehead atoms. The zero-order valence-electron chi connectivity index (χ0n) is 10.7. The number of hydrogen-bond acceptors (Lipinski definition) is 2. The molecule has 0 aliphatic heterocycles. The first-order valence-corrected chi connectivity index (χ1v) is 16.2. The van der Waals surface area contributed by atoms with E-state index in [-0.39, 0.29) is 23.8 Å². The van der Waals surface area contributed by atoms with E-state index < -0.39 is 7.30 Å². The Bertz CT molecular complexity index is 265. The lowest BCUT2D eigenvalue weighted by Gasteiger charge is -2.38. The van der Waals surface area contributed by atoms with Crippen LogP contribution in [0.15, 0.2) is 0 Å². The van der Waals surface area contributed by atoms with E-state index in [4.69, 9.17) is 4.74 Å². The minimum atomic E-state index is -0.473. The van der Waals surface area contributed by atoms with Crippen molar-refractivity contribution in [3.05, 3.63) is 0 Å². The first-order chi connectivity index (χ1) is 7.53. The molecule has 2 nitrogen and oxygen atoms in total. The van der Waals surface area contributed by atoms with Gasteiger partial charge in [0.2, 0.25) is 0 Å². The van der Waals surface area contributed by atoms with Gasteiger partial charge in [0.05, 0.1) is 6.42 Å². The standard InChI is InChI=1S/C8H23O2P7/c1-7(2,3)5-6(9)10-8(4,16(12)13)17(14)15-11/h15H,5,11-14H2,1-4H3. The molecule has 0 aromatic rings. The monoisotopic (exact) mass is 368 g/mol. The number of rotatable bonds is 5. The molecule has 0 saturated carbocycles. The highest BCUT2D eigenvalue weighted by molar-refractivity contribution is 8.64. The molecule has 0 saturated heterocycles. The molecule has 0 N–H and O–H groups in total. The summed E-state index contributed by atoms with van der Waals surface area (Å²) in [7, 11) is 11.1. The summed E-state index contributed by atoms with van der Waals surface area (Å²) in [6.45, 7) is 8.21. The lowest BCUT2D eigenvalue weighted by atomic mass is 9.93. The average Bonchev–Trinajstić information content (AvgIpc) is 2.12. The summed E-state index contributed by atoms with van der Waals surface area (Å²) in [6, 6.07) is 0. The van der Waals surface area contributed by atoms with E-state index >= 15 is 0 Å². The zero-order valence-corrected chi connectivity index (χ0v) is 18.1. The minimum absolute atomic E-state index is 0.0184. The predicted molar refractivity (Wildman–Crippen MR) is 99.6 cm³/mol. The van der Waals surface area contributed by atoms with Crippen molar-refractivity contribution >= 4 is 64.2 Å². The Hall–Kier alpha value is 2.48. The highest BCUT2D eigenvalue weighted by Crippen LogP contribution is 2.85. The summed E-state index contributed by atoms with van der Waals surface area (Å²) in [5.74, 6) is -0.0874. The summed E-state index contributed by atoms with van der Waals surface area (Å²) < 4.78 is 5.78. The normalized spacial score (nSPS) is 18.4. The molecule has 102 valence electrons. The van der Waals surface area contributed by atoms with Gasteiger partial charge in [0.1, 0.15) is 0 Å². The molecular formula is C8H23O2P7. The maximum absolute atomic E-state index is 12.0. The van der Waals surface area contributed by atoms with Crippen molar-refractivity contribution in [3.8, 4) is 0 Å². The number of hydrogen-bond donors (Lipinski definition) is 0. The molecule has 0 aliphatic carbocycles. The van der Waals surface area contributed by atoms with E-state index in [0.29, 0.717) is 6.42 Å². The van der Waals surface area contributed by atoms with Gasteiger partial charge in [-0.05, 0) is 26.9 Å². The van der Waals surface area contributed by atoms with Gasteiger partial charge in [-0.1, -0.05) is 28.7 Å². The van der Waals surface area contributed by atoms with E-state index in [1.54, 1.807) is 0 Å². The lowest BCUT2D eigenvalue weighted by Crippen LogP contribution is -2.26. The molecule has 0 aromatic heterocycles. The van der Waals surface area contributed by atoms with Crippen LogP contribution in [0.25, 0.3) is 0 Å². The Balaban J connectivity index is 4.73. The SMILES string of the molecule is CC(C)(C)CC(=O)OC(C)(P(P)P)P(P)PP. The third-order valence-corrected chi connectivity index (χ3v) is 21.3. The van der Waals surface area contributed by atoms with Gasteiger partial charge >= 0.3 is 5.97 Å². The fourth-order valence-electron chi connectivity index (χ4n) is 1.03. The smallest absolute Gasteiger partial charge is 0.307 e. The van der Waals surface area contributed by atoms with Crippen molar-refractivity contribution in [1.29, 1.82) is 0 Å². The van der Waals surface area contributed by atoms with Crippen LogP contribution in [0.1, 0.15) is 34.1 Å². The van der Waals surface area contributed by atoms with Gasteiger partial charge in [0.15, 0.2) is 5.08 Å². The van der Waals surface area contributed by atoms with Gasteiger partial charge in [0.25, 0.3) is 0 Å². The second kappa shape index (κ2) is 8.05. The van der Waals surface area contributed by atoms with Crippen LogP contribution in [0.5, 0.6) is 0 Å². The fourth-order valence-corrected chi connectivity index (χ4v) is 16.7. The number of ether oxygens (including phenoxy) is 1. The molecule has 0 spiro atoms. The van der Waals surface area contributed by atoms with Gasteiger partial charge in [-0.2, -0.15) is 0 Å². The predicted octanol–water partition coefficient (Wildman–Crippen LogP) is 5.36. The van der Waals surface area contributed by atoms with Crippen LogP contribution in [0.4, 0.5) is 0 Å². The summed E-state index contributed by atoms with van der Waals surface area (Å²) in [5.41, 5.74) is -0.0184. The van der Waals surface area contributed by atoms with Crippen molar-refractivity contribution in [3.63, 3.8) is 0 Å². The highest BCUT2D eigenvalue weighted by atomic mass is 32.6. The first kappa shape index (κ1) is 19.5. The average molecular weight is 368 g/mol. The van der Waals surface area contributed by atoms with E-state index in [0.717, 1.165) is 7.96 Å². The van der Waals surface area contributed by atoms with E-state index in [9.17, 15) is 4.79 Å². The molecule has 9 heteroatoms. The molecule has 0 heterocycles. The molecule has 0 aromatic carbocycles.